The number of carbonyl (C=O) groups is 1. The maximum atomic E-state index is 12.7. The summed E-state index contributed by atoms with van der Waals surface area (Å²) in [7, 11) is 0. The molecule has 6 nitrogen and oxygen atoms in total. The van der Waals surface area contributed by atoms with E-state index in [9.17, 15) is 8.68 Å². The maximum Gasteiger partial charge on any atom is 0.412 e. The van der Waals surface area contributed by atoms with Crippen LogP contribution in [-0.2, 0) is 4.74 Å². The number of fused-ring (bicyclic) bond motifs is 1. The molecule has 2 aromatic heterocycles. The predicted octanol–water partition coefficient (Wildman–Crippen LogP) is 3.80. The molecule has 8 heteroatoms. The lowest BCUT2D eigenvalue weighted by Crippen LogP contribution is -2.27. The van der Waals surface area contributed by atoms with E-state index in [0.717, 1.165) is 4.09 Å². The van der Waals surface area contributed by atoms with Crippen LogP contribution in [0.2, 0.25) is 0 Å². The summed E-state index contributed by atoms with van der Waals surface area (Å²) in [4.78, 5) is 16.1. The van der Waals surface area contributed by atoms with E-state index in [2.05, 4.69) is 22.0 Å². The lowest BCUT2D eigenvalue weighted by molar-refractivity contribution is 0.0636. The molecule has 0 aliphatic carbocycles. The van der Waals surface area contributed by atoms with Crippen molar-refractivity contribution in [3.05, 3.63) is 24.5 Å². The third-order valence-electron chi connectivity index (χ3n) is 2.45. The molecule has 0 saturated carbocycles. The first-order valence-electron chi connectivity index (χ1n) is 6.14. The van der Waals surface area contributed by atoms with Crippen molar-refractivity contribution >= 4 is 41.2 Å². The smallest absolute Gasteiger partial charge is 0.412 e. The van der Waals surface area contributed by atoms with E-state index in [-0.39, 0.29) is 12.3 Å². The summed E-state index contributed by atoms with van der Waals surface area (Å²) in [5.74, 6) is 0. The fourth-order valence-electron chi connectivity index (χ4n) is 1.67. The first kappa shape index (κ1) is 15.3. The minimum Gasteiger partial charge on any atom is -0.444 e. The molecule has 0 unspecified atom stereocenters. The Bertz CT molecular complexity index is 693. The van der Waals surface area contributed by atoms with Gasteiger partial charge in [0.05, 0.1) is 17.6 Å². The number of nitrogens with zero attached hydrogens (tertiary/aromatic N) is 3. The van der Waals surface area contributed by atoms with Gasteiger partial charge in [-0.2, -0.15) is 9.19 Å². The lowest BCUT2D eigenvalue weighted by Gasteiger charge is -2.20. The van der Waals surface area contributed by atoms with Gasteiger partial charge >= 0.3 is 6.09 Å². The molecule has 2 rings (SSSR count). The Morgan fingerprint density at radius 3 is 2.86 bits per heavy atom. The van der Waals surface area contributed by atoms with Gasteiger partial charge in [-0.1, -0.05) is 6.58 Å². The summed E-state index contributed by atoms with van der Waals surface area (Å²) in [6, 6.07) is 1.57. The number of rotatable bonds is 3. The molecule has 1 amide bonds. The molecule has 0 bridgehead atoms. The zero-order chi connectivity index (χ0) is 15.6. The van der Waals surface area contributed by atoms with Crippen molar-refractivity contribution in [2.75, 3.05) is 5.32 Å². The molecule has 1 N–H and O–H groups in total. The molecule has 112 valence electrons. The van der Waals surface area contributed by atoms with Crippen molar-refractivity contribution in [2.24, 2.45) is 0 Å². The summed E-state index contributed by atoms with van der Waals surface area (Å²) >= 11 is -0.0482. The highest BCUT2D eigenvalue weighted by atomic mass is 32.2. The molecule has 0 atom stereocenters. The highest BCUT2D eigenvalue weighted by Gasteiger charge is 2.18. The van der Waals surface area contributed by atoms with Crippen LogP contribution in [0.25, 0.3) is 17.1 Å². The number of carbonyl (C=O) groups excluding carboxylic acids is 1. The first-order valence-corrected chi connectivity index (χ1v) is 6.81. The van der Waals surface area contributed by atoms with E-state index >= 15 is 0 Å². The normalized spacial score (nSPS) is 11.4. The van der Waals surface area contributed by atoms with Gasteiger partial charge in [-0.3, -0.25) is 5.32 Å². The zero-order valence-electron chi connectivity index (χ0n) is 11.9. The van der Waals surface area contributed by atoms with Gasteiger partial charge in [0, 0.05) is 0 Å². The second-order valence-corrected chi connectivity index (χ2v) is 5.73. The van der Waals surface area contributed by atoms with Gasteiger partial charge in [-0.05, 0) is 32.9 Å². The number of hydrogen-bond acceptors (Lipinski definition) is 5. The van der Waals surface area contributed by atoms with E-state index < -0.39 is 11.7 Å². The van der Waals surface area contributed by atoms with Gasteiger partial charge in [-0.15, -0.1) is 3.89 Å². The van der Waals surface area contributed by atoms with Crippen LogP contribution in [0, 0.1) is 0 Å². The van der Waals surface area contributed by atoms with Crippen LogP contribution < -0.4 is 5.32 Å². The minimum absolute atomic E-state index is 0.0482. The zero-order valence-corrected chi connectivity index (χ0v) is 12.7. The van der Waals surface area contributed by atoms with E-state index in [1.807, 2.05) is 0 Å². The van der Waals surface area contributed by atoms with Gasteiger partial charge in [0.2, 0.25) is 0 Å². The number of anilines is 1. The largest absolute Gasteiger partial charge is 0.444 e. The fourth-order valence-corrected chi connectivity index (χ4v) is 1.98. The van der Waals surface area contributed by atoms with Gasteiger partial charge < -0.3 is 4.74 Å². The van der Waals surface area contributed by atoms with Crippen LogP contribution in [0.1, 0.15) is 26.5 Å². The number of nitrogens with one attached hydrogen (secondary N) is 1. The molecule has 0 saturated heterocycles. The van der Waals surface area contributed by atoms with Crippen LogP contribution in [0.4, 0.5) is 14.4 Å². The molecule has 21 heavy (non-hydrogen) atoms. The van der Waals surface area contributed by atoms with E-state index in [1.165, 1.54) is 12.3 Å². The number of halogens is 1. The highest BCUT2D eigenvalue weighted by molar-refractivity contribution is 7.92. The summed E-state index contributed by atoms with van der Waals surface area (Å²) in [6.07, 6.45) is 2.31. The molecule has 0 aliphatic heterocycles. The van der Waals surface area contributed by atoms with Crippen molar-refractivity contribution in [1.82, 2.24) is 14.2 Å². The molecule has 2 aromatic rings. The average molecular weight is 310 g/mol. The maximum absolute atomic E-state index is 12.7. The molecule has 2 heterocycles. The second kappa shape index (κ2) is 5.72. The molecular weight excluding hydrogens is 295 g/mol. The Balaban J connectivity index is 2.37. The Kier molecular flexibility index (Phi) is 4.17. The van der Waals surface area contributed by atoms with Gasteiger partial charge in [-0.25, -0.2) is 9.78 Å². The summed E-state index contributed by atoms with van der Waals surface area (Å²) in [6.45, 7) is 8.93. The van der Waals surface area contributed by atoms with Crippen molar-refractivity contribution < 1.29 is 13.4 Å². The average Bonchev–Trinajstić information content (AvgIpc) is 2.77. The molecule has 0 aliphatic rings. The number of amides is 1. The van der Waals surface area contributed by atoms with Gasteiger partial charge in [0.15, 0.2) is 12.3 Å². The predicted molar refractivity (Wildman–Crippen MR) is 81.6 cm³/mol. The summed E-state index contributed by atoms with van der Waals surface area (Å²) in [5.41, 5.74) is 1.16. The monoisotopic (exact) mass is 310 g/mol. The molecular formula is C13H15FN4O2S. The number of aromatic nitrogens is 3. The van der Waals surface area contributed by atoms with Gasteiger partial charge in [0.1, 0.15) is 16.6 Å². The van der Waals surface area contributed by atoms with Crippen molar-refractivity contribution in [1.29, 1.82) is 0 Å². The van der Waals surface area contributed by atoms with Crippen LogP contribution in [-0.4, -0.2) is 25.9 Å². The van der Waals surface area contributed by atoms with Crippen molar-refractivity contribution in [3.8, 4) is 0 Å². The molecule has 0 spiro atoms. The Morgan fingerprint density at radius 1 is 1.57 bits per heavy atom. The highest BCUT2D eigenvalue weighted by Crippen LogP contribution is 2.25. The second-order valence-electron chi connectivity index (χ2n) is 5.24. The Hall–Kier alpha value is -2.09. The number of ether oxygens (including phenoxy) is 1. The Morgan fingerprint density at radius 2 is 2.29 bits per heavy atom. The standard InChI is InChI=1S/C13H15FN4O2S/c1-5-8-9(17-12(19)20-13(2,3)4)6-11-10(16-8)7-15-18(11)21-14/h5-7H,1H2,2-4H3,(H,17,19). The molecule has 0 radical (unpaired) electrons. The van der Waals surface area contributed by atoms with E-state index in [4.69, 9.17) is 4.74 Å². The fraction of sp³-hybridized carbons (Fsp3) is 0.308. The minimum atomic E-state index is -0.620. The van der Waals surface area contributed by atoms with E-state index in [0.29, 0.717) is 22.4 Å². The van der Waals surface area contributed by atoms with Crippen LogP contribution in [0.15, 0.2) is 18.8 Å². The number of pyridine rings is 1. The molecule has 0 fully saturated rings. The van der Waals surface area contributed by atoms with Crippen molar-refractivity contribution in [3.63, 3.8) is 0 Å². The lowest BCUT2D eigenvalue weighted by atomic mass is 10.2. The van der Waals surface area contributed by atoms with Crippen LogP contribution >= 0.6 is 12.3 Å². The van der Waals surface area contributed by atoms with Gasteiger partial charge in [0.25, 0.3) is 0 Å². The number of hydrogen-bond donors (Lipinski definition) is 1. The summed E-state index contributed by atoms with van der Waals surface area (Å²) < 4.78 is 19.0. The molecule has 0 aromatic carbocycles. The van der Waals surface area contributed by atoms with Crippen molar-refractivity contribution in [2.45, 2.75) is 26.4 Å². The van der Waals surface area contributed by atoms with E-state index in [1.54, 1.807) is 26.8 Å². The first-order chi connectivity index (χ1) is 9.84. The third-order valence-corrected chi connectivity index (χ3v) is 2.87. The SMILES string of the molecule is C=Cc1nc2cnn(SF)c2cc1NC(=O)OC(C)(C)C. The van der Waals surface area contributed by atoms with Crippen LogP contribution in [0.3, 0.4) is 0 Å². The topological polar surface area (TPSA) is 69.0 Å². The Labute approximate surface area is 125 Å². The van der Waals surface area contributed by atoms with Crippen LogP contribution in [0.5, 0.6) is 0 Å². The summed E-state index contributed by atoms with van der Waals surface area (Å²) in [5, 5.41) is 6.42. The third kappa shape index (κ3) is 3.52. The quantitative estimate of drug-likeness (QED) is 0.933.